The van der Waals surface area contributed by atoms with Gasteiger partial charge in [-0.05, 0) is 26.0 Å². The van der Waals surface area contributed by atoms with Crippen LogP contribution in [0.2, 0.25) is 5.15 Å². The molecule has 2 aromatic heterocycles. The summed E-state index contributed by atoms with van der Waals surface area (Å²) in [6, 6.07) is 3.94. The molecule has 0 aliphatic carbocycles. The van der Waals surface area contributed by atoms with Crippen LogP contribution in [0.4, 0.5) is 0 Å². The monoisotopic (exact) mass is 307 g/mol. The molecule has 0 bridgehead atoms. The molecule has 0 aromatic carbocycles. The number of hydrogen-bond donors (Lipinski definition) is 0. The zero-order valence-corrected chi connectivity index (χ0v) is 12.9. The lowest BCUT2D eigenvalue weighted by Crippen LogP contribution is -2.50. The summed E-state index contributed by atoms with van der Waals surface area (Å²) in [5, 5.41) is 4.48. The number of fused-ring (bicyclic) bond motifs is 1. The number of imidazole rings is 1. The first-order chi connectivity index (χ1) is 10.0. The van der Waals surface area contributed by atoms with Gasteiger partial charge in [0.1, 0.15) is 10.8 Å². The number of piperazine rings is 1. The van der Waals surface area contributed by atoms with E-state index in [9.17, 15) is 4.79 Å². The zero-order valence-electron chi connectivity index (χ0n) is 12.2. The van der Waals surface area contributed by atoms with Gasteiger partial charge in [0.15, 0.2) is 5.65 Å². The molecule has 1 saturated heterocycles. The van der Waals surface area contributed by atoms with Crippen LogP contribution in [0.5, 0.6) is 0 Å². The summed E-state index contributed by atoms with van der Waals surface area (Å²) in [6.07, 6.45) is 1.64. The number of nitrogens with zero attached hydrogens (tertiary/aromatic N) is 5. The Bertz CT molecular complexity index is 660. The maximum atomic E-state index is 12.5. The second kappa shape index (κ2) is 5.61. The highest BCUT2D eigenvalue weighted by atomic mass is 35.5. The molecular formula is C14H18ClN5O. The number of hydrogen-bond acceptors (Lipinski definition) is 4. The molecule has 7 heteroatoms. The summed E-state index contributed by atoms with van der Waals surface area (Å²) in [7, 11) is 0. The number of carbonyl (C=O) groups is 1. The van der Waals surface area contributed by atoms with Gasteiger partial charge in [-0.25, -0.2) is 9.50 Å². The van der Waals surface area contributed by atoms with Gasteiger partial charge < -0.3 is 4.90 Å². The van der Waals surface area contributed by atoms with E-state index < -0.39 is 0 Å². The highest BCUT2D eigenvalue weighted by Crippen LogP contribution is 2.12. The SMILES string of the molecule is CC(C)N1CCN(C(=O)c2cn3nc(Cl)ccc3n2)CC1. The van der Waals surface area contributed by atoms with Crippen molar-refractivity contribution in [2.45, 2.75) is 19.9 Å². The lowest BCUT2D eigenvalue weighted by molar-refractivity contribution is 0.0590. The summed E-state index contributed by atoms with van der Waals surface area (Å²) in [5.74, 6) is -0.0416. The first-order valence-electron chi connectivity index (χ1n) is 7.10. The third-order valence-corrected chi connectivity index (χ3v) is 4.04. The summed E-state index contributed by atoms with van der Waals surface area (Å²) in [4.78, 5) is 21.0. The van der Waals surface area contributed by atoms with E-state index in [2.05, 4.69) is 28.8 Å². The molecule has 0 atom stereocenters. The predicted molar refractivity (Wildman–Crippen MR) is 80.6 cm³/mol. The molecule has 6 nitrogen and oxygen atoms in total. The van der Waals surface area contributed by atoms with Crippen LogP contribution in [0.1, 0.15) is 24.3 Å². The molecule has 21 heavy (non-hydrogen) atoms. The quantitative estimate of drug-likeness (QED) is 0.845. The smallest absolute Gasteiger partial charge is 0.274 e. The van der Waals surface area contributed by atoms with Crippen molar-refractivity contribution >= 4 is 23.2 Å². The fraction of sp³-hybridized carbons (Fsp3) is 0.500. The molecule has 3 rings (SSSR count). The topological polar surface area (TPSA) is 53.7 Å². The van der Waals surface area contributed by atoms with Gasteiger partial charge in [0, 0.05) is 32.2 Å². The molecule has 0 N–H and O–H groups in total. The van der Waals surface area contributed by atoms with Crippen LogP contribution in [-0.4, -0.2) is 62.5 Å². The van der Waals surface area contributed by atoms with Crippen LogP contribution in [0.3, 0.4) is 0 Å². The molecule has 0 spiro atoms. The molecule has 2 aromatic rings. The van der Waals surface area contributed by atoms with E-state index in [-0.39, 0.29) is 5.91 Å². The van der Waals surface area contributed by atoms with Gasteiger partial charge in [-0.2, -0.15) is 5.10 Å². The molecule has 0 unspecified atom stereocenters. The summed E-state index contributed by atoms with van der Waals surface area (Å²) >= 11 is 5.84. The van der Waals surface area contributed by atoms with Crippen LogP contribution in [-0.2, 0) is 0 Å². The average Bonchev–Trinajstić information content (AvgIpc) is 2.89. The Morgan fingerprint density at radius 3 is 2.62 bits per heavy atom. The van der Waals surface area contributed by atoms with Gasteiger partial charge in [-0.3, -0.25) is 9.69 Å². The highest BCUT2D eigenvalue weighted by molar-refractivity contribution is 6.29. The van der Waals surface area contributed by atoms with E-state index in [1.807, 2.05) is 4.90 Å². The molecule has 0 saturated carbocycles. The van der Waals surface area contributed by atoms with E-state index in [4.69, 9.17) is 11.6 Å². The minimum absolute atomic E-state index is 0.0416. The second-order valence-corrected chi connectivity index (χ2v) is 5.89. The van der Waals surface area contributed by atoms with Gasteiger partial charge >= 0.3 is 0 Å². The van der Waals surface area contributed by atoms with Crippen molar-refractivity contribution in [3.63, 3.8) is 0 Å². The minimum Gasteiger partial charge on any atom is -0.335 e. The molecular weight excluding hydrogens is 290 g/mol. The summed E-state index contributed by atoms with van der Waals surface area (Å²) < 4.78 is 1.54. The van der Waals surface area contributed by atoms with E-state index in [0.29, 0.717) is 22.5 Å². The normalized spacial score (nSPS) is 16.9. The van der Waals surface area contributed by atoms with Gasteiger partial charge in [0.25, 0.3) is 5.91 Å². The van der Waals surface area contributed by atoms with Gasteiger partial charge in [0.2, 0.25) is 0 Å². The lowest BCUT2D eigenvalue weighted by Gasteiger charge is -2.36. The summed E-state index contributed by atoms with van der Waals surface area (Å²) in [5.41, 5.74) is 1.05. The Balaban J connectivity index is 1.75. The maximum absolute atomic E-state index is 12.5. The Kier molecular flexibility index (Phi) is 3.82. The molecule has 3 heterocycles. The van der Waals surface area contributed by atoms with Crippen molar-refractivity contribution < 1.29 is 4.79 Å². The van der Waals surface area contributed by atoms with E-state index in [1.54, 1.807) is 22.8 Å². The molecule has 1 aliphatic heterocycles. The van der Waals surface area contributed by atoms with Crippen molar-refractivity contribution in [3.05, 3.63) is 29.2 Å². The van der Waals surface area contributed by atoms with Crippen LogP contribution in [0, 0.1) is 0 Å². The van der Waals surface area contributed by atoms with E-state index >= 15 is 0 Å². The first-order valence-corrected chi connectivity index (χ1v) is 7.47. The number of rotatable bonds is 2. The first kappa shape index (κ1) is 14.3. The van der Waals surface area contributed by atoms with Crippen molar-refractivity contribution in [3.8, 4) is 0 Å². The maximum Gasteiger partial charge on any atom is 0.274 e. The van der Waals surface area contributed by atoms with Crippen molar-refractivity contribution in [1.29, 1.82) is 0 Å². The Labute approximate surface area is 128 Å². The Hall–Kier alpha value is -1.66. The third-order valence-electron chi connectivity index (χ3n) is 3.84. The van der Waals surface area contributed by atoms with Crippen LogP contribution in [0.15, 0.2) is 18.3 Å². The summed E-state index contributed by atoms with van der Waals surface area (Å²) in [6.45, 7) is 7.63. The van der Waals surface area contributed by atoms with Gasteiger partial charge in [-0.15, -0.1) is 0 Å². The number of halogens is 1. The second-order valence-electron chi connectivity index (χ2n) is 5.51. The fourth-order valence-corrected chi connectivity index (χ4v) is 2.71. The molecule has 1 amide bonds. The fourth-order valence-electron chi connectivity index (χ4n) is 2.57. The van der Waals surface area contributed by atoms with Crippen molar-refractivity contribution in [2.24, 2.45) is 0 Å². The van der Waals surface area contributed by atoms with Crippen molar-refractivity contribution in [2.75, 3.05) is 26.2 Å². The molecule has 1 aliphatic rings. The number of carbonyl (C=O) groups excluding carboxylic acids is 1. The number of aromatic nitrogens is 3. The van der Waals surface area contributed by atoms with Crippen LogP contribution < -0.4 is 0 Å². The van der Waals surface area contributed by atoms with E-state index in [1.165, 1.54) is 0 Å². The van der Waals surface area contributed by atoms with E-state index in [0.717, 1.165) is 26.2 Å². The molecule has 112 valence electrons. The van der Waals surface area contributed by atoms with Gasteiger partial charge in [0.05, 0.1) is 6.20 Å². The lowest BCUT2D eigenvalue weighted by atomic mass is 10.2. The van der Waals surface area contributed by atoms with Gasteiger partial charge in [-0.1, -0.05) is 11.6 Å². The predicted octanol–water partition coefficient (Wildman–Crippen LogP) is 1.55. The third kappa shape index (κ3) is 2.87. The number of amides is 1. The Morgan fingerprint density at radius 1 is 1.24 bits per heavy atom. The van der Waals surface area contributed by atoms with Crippen molar-refractivity contribution in [1.82, 2.24) is 24.4 Å². The minimum atomic E-state index is -0.0416. The Morgan fingerprint density at radius 2 is 1.95 bits per heavy atom. The largest absolute Gasteiger partial charge is 0.335 e. The van der Waals surface area contributed by atoms with Crippen LogP contribution in [0.25, 0.3) is 5.65 Å². The highest BCUT2D eigenvalue weighted by Gasteiger charge is 2.24. The van der Waals surface area contributed by atoms with Crippen LogP contribution >= 0.6 is 11.6 Å². The molecule has 0 radical (unpaired) electrons. The standard InChI is InChI=1S/C14H18ClN5O/c1-10(2)18-5-7-19(8-6-18)14(21)11-9-20-13(16-11)4-3-12(15)17-20/h3-4,9-10H,5-8H2,1-2H3. The zero-order chi connectivity index (χ0) is 15.0. The molecule has 1 fully saturated rings. The average molecular weight is 308 g/mol.